The van der Waals surface area contributed by atoms with Crippen molar-refractivity contribution in [2.75, 3.05) is 26.3 Å². The minimum Gasteiger partial charge on any atom is -0.493 e. The van der Waals surface area contributed by atoms with Gasteiger partial charge in [-0.15, -0.1) is 11.3 Å². The Bertz CT molecular complexity index is 1030. The van der Waals surface area contributed by atoms with Gasteiger partial charge < -0.3 is 14.2 Å². The van der Waals surface area contributed by atoms with Crippen molar-refractivity contribution in [3.05, 3.63) is 59.1 Å². The number of hydrogen-bond acceptors (Lipinski definition) is 8. The molecule has 3 aromatic rings. The van der Waals surface area contributed by atoms with Crippen molar-refractivity contribution in [1.29, 1.82) is 0 Å². The number of rotatable bonds is 9. The molecule has 1 heterocycles. The molecule has 0 radical (unpaired) electrons. The number of hydrogen-bond donors (Lipinski definition) is 1. The Labute approximate surface area is 179 Å². The molecule has 0 spiro atoms. The third-order valence-corrected chi connectivity index (χ3v) is 4.96. The number of methoxy groups -OCH3 is 2. The van der Waals surface area contributed by atoms with E-state index < -0.39 is 0 Å². The quantitative estimate of drug-likeness (QED) is 0.311. The molecule has 8 heteroatoms. The van der Waals surface area contributed by atoms with Gasteiger partial charge in [0.05, 0.1) is 39.2 Å². The topological polar surface area (TPSA) is 82.0 Å². The fraction of sp³-hybridized carbons (Fsp3) is 0.227. The lowest BCUT2D eigenvalue weighted by Crippen LogP contribution is -2.07. The van der Waals surface area contributed by atoms with E-state index >= 15 is 0 Å². The van der Waals surface area contributed by atoms with Gasteiger partial charge in [0.25, 0.3) is 0 Å². The largest absolute Gasteiger partial charge is 0.493 e. The number of carbonyl (C=O) groups excluding carboxylic acids is 1. The number of ether oxygens (including phenoxy) is 3. The number of anilines is 1. The average molecular weight is 426 g/mol. The van der Waals surface area contributed by atoms with Gasteiger partial charge in [-0.1, -0.05) is 24.3 Å². The molecule has 0 saturated carbocycles. The number of carbonyl (C=O) groups is 1. The molecule has 0 unspecified atom stereocenters. The molecule has 0 aliphatic carbocycles. The van der Waals surface area contributed by atoms with Crippen LogP contribution in [0.3, 0.4) is 0 Å². The zero-order valence-corrected chi connectivity index (χ0v) is 17.9. The second kappa shape index (κ2) is 10.4. The second-order valence-electron chi connectivity index (χ2n) is 6.19. The van der Waals surface area contributed by atoms with E-state index in [9.17, 15) is 4.79 Å². The van der Waals surface area contributed by atoms with Crippen LogP contribution in [0.2, 0.25) is 0 Å². The van der Waals surface area contributed by atoms with Crippen molar-refractivity contribution in [2.24, 2.45) is 5.10 Å². The van der Waals surface area contributed by atoms with Gasteiger partial charge in [0.2, 0.25) is 5.13 Å². The predicted octanol–water partition coefficient (Wildman–Crippen LogP) is 4.38. The first-order valence-electron chi connectivity index (χ1n) is 9.34. The van der Waals surface area contributed by atoms with Gasteiger partial charge in [0.1, 0.15) is 0 Å². The first-order chi connectivity index (χ1) is 14.6. The Hall–Kier alpha value is -3.39. The molecule has 156 valence electrons. The zero-order chi connectivity index (χ0) is 21.3. The summed E-state index contributed by atoms with van der Waals surface area (Å²) in [7, 11) is 3.23. The van der Waals surface area contributed by atoms with Gasteiger partial charge in [-0.3, -0.25) is 10.2 Å². The molecule has 0 bridgehead atoms. The maximum atomic E-state index is 11.5. The monoisotopic (exact) mass is 425 g/mol. The second-order valence-corrected chi connectivity index (χ2v) is 7.05. The van der Waals surface area contributed by atoms with Gasteiger partial charge in [0.15, 0.2) is 11.5 Å². The Morgan fingerprint density at radius 2 is 1.93 bits per heavy atom. The maximum absolute atomic E-state index is 11.5. The highest BCUT2D eigenvalue weighted by Crippen LogP contribution is 2.32. The standard InChI is InChI=1S/C22H23N3O4S/c1-4-29-21(26)12-18-14-30-22(24-18)25-23-13-15-6-5-7-16(10-15)17-8-9-19(27-2)20(11-17)28-3/h5-11,13-14H,4,12H2,1-3H3,(H,24,25). The first kappa shape index (κ1) is 21.3. The maximum Gasteiger partial charge on any atom is 0.311 e. The molecule has 1 aromatic heterocycles. The zero-order valence-electron chi connectivity index (χ0n) is 17.0. The lowest BCUT2D eigenvalue weighted by Gasteiger charge is -2.10. The van der Waals surface area contributed by atoms with Crippen molar-refractivity contribution < 1.29 is 19.0 Å². The van der Waals surface area contributed by atoms with Gasteiger partial charge in [-0.25, -0.2) is 4.98 Å². The molecule has 0 amide bonds. The lowest BCUT2D eigenvalue weighted by molar-refractivity contribution is -0.142. The Morgan fingerprint density at radius 1 is 1.13 bits per heavy atom. The molecule has 7 nitrogen and oxygen atoms in total. The summed E-state index contributed by atoms with van der Waals surface area (Å²) in [4.78, 5) is 15.9. The van der Waals surface area contributed by atoms with E-state index in [1.807, 2.05) is 47.8 Å². The Balaban J connectivity index is 1.66. The fourth-order valence-corrected chi connectivity index (χ4v) is 3.43. The van der Waals surface area contributed by atoms with Crippen LogP contribution in [-0.2, 0) is 16.0 Å². The van der Waals surface area contributed by atoms with E-state index in [4.69, 9.17) is 14.2 Å². The SMILES string of the molecule is CCOC(=O)Cc1csc(NN=Cc2cccc(-c3ccc(OC)c(OC)c3)c2)n1. The summed E-state index contributed by atoms with van der Waals surface area (Å²) in [6.07, 6.45) is 1.87. The summed E-state index contributed by atoms with van der Waals surface area (Å²) >= 11 is 1.38. The molecule has 2 aromatic carbocycles. The Morgan fingerprint density at radius 3 is 2.70 bits per heavy atom. The van der Waals surface area contributed by atoms with Crippen LogP contribution in [0.5, 0.6) is 11.5 Å². The number of nitrogens with zero attached hydrogens (tertiary/aromatic N) is 2. The van der Waals surface area contributed by atoms with Gasteiger partial charge in [-0.05, 0) is 41.8 Å². The highest BCUT2D eigenvalue weighted by atomic mass is 32.1. The van der Waals surface area contributed by atoms with Crippen molar-refractivity contribution >= 4 is 28.7 Å². The van der Waals surface area contributed by atoms with Crippen molar-refractivity contribution in [3.63, 3.8) is 0 Å². The van der Waals surface area contributed by atoms with Crippen molar-refractivity contribution in [2.45, 2.75) is 13.3 Å². The van der Waals surface area contributed by atoms with Crippen LogP contribution in [0.4, 0.5) is 5.13 Å². The summed E-state index contributed by atoms with van der Waals surface area (Å²) in [5.41, 5.74) is 6.53. The van der Waals surface area contributed by atoms with Crippen LogP contribution in [0.15, 0.2) is 52.9 Å². The fourth-order valence-electron chi connectivity index (χ4n) is 2.78. The molecule has 0 fully saturated rings. The molecule has 0 aliphatic rings. The third-order valence-electron chi connectivity index (χ3n) is 4.16. The van der Waals surface area contributed by atoms with Gasteiger partial charge in [0, 0.05) is 5.38 Å². The van der Waals surface area contributed by atoms with Crippen LogP contribution in [-0.4, -0.2) is 38.0 Å². The summed E-state index contributed by atoms with van der Waals surface area (Å²) < 4.78 is 15.6. The third kappa shape index (κ3) is 5.57. The number of benzene rings is 2. The molecule has 0 saturated heterocycles. The molecular formula is C22H23N3O4S. The number of nitrogens with one attached hydrogen (secondary N) is 1. The summed E-state index contributed by atoms with van der Waals surface area (Å²) in [6, 6.07) is 13.8. The average Bonchev–Trinajstić information content (AvgIpc) is 3.20. The summed E-state index contributed by atoms with van der Waals surface area (Å²) in [5.74, 6) is 1.08. The van der Waals surface area contributed by atoms with Gasteiger partial charge >= 0.3 is 5.97 Å². The predicted molar refractivity (Wildman–Crippen MR) is 119 cm³/mol. The van der Waals surface area contributed by atoms with E-state index in [1.165, 1.54) is 11.3 Å². The van der Waals surface area contributed by atoms with E-state index in [1.54, 1.807) is 27.4 Å². The van der Waals surface area contributed by atoms with E-state index in [2.05, 4.69) is 15.5 Å². The summed E-state index contributed by atoms with van der Waals surface area (Å²) in [5, 5.41) is 6.67. The van der Waals surface area contributed by atoms with Crippen LogP contribution in [0, 0.1) is 0 Å². The van der Waals surface area contributed by atoms with Crippen LogP contribution in [0.1, 0.15) is 18.2 Å². The molecule has 0 atom stereocenters. The van der Waals surface area contributed by atoms with E-state index in [0.29, 0.717) is 28.9 Å². The van der Waals surface area contributed by atoms with Crippen LogP contribution in [0.25, 0.3) is 11.1 Å². The number of esters is 1. The number of hydrazone groups is 1. The van der Waals surface area contributed by atoms with E-state index in [-0.39, 0.29) is 12.4 Å². The summed E-state index contributed by atoms with van der Waals surface area (Å²) in [6.45, 7) is 2.14. The normalized spacial score (nSPS) is 10.8. The minimum absolute atomic E-state index is 0.156. The molecule has 1 N–H and O–H groups in total. The molecular weight excluding hydrogens is 402 g/mol. The van der Waals surface area contributed by atoms with Crippen LogP contribution >= 0.6 is 11.3 Å². The van der Waals surface area contributed by atoms with Gasteiger partial charge in [-0.2, -0.15) is 5.10 Å². The number of thiazole rings is 1. The number of aromatic nitrogens is 1. The van der Waals surface area contributed by atoms with E-state index in [0.717, 1.165) is 16.7 Å². The molecule has 30 heavy (non-hydrogen) atoms. The van der Waals surface area contributed by atoms with Crippen molar-refractivity contribution in [1.82, 2.24) is 4.98 Å². The highest BCUT2D eigenvalue weighted by molar-refractivity contribution is 7.13. The highest BCUT2D eigenvalue weighted by Gasteiger charge is 2.08. The van der Waals surface area contributed by atoms with Crippen molar-refractivity contribution in [3.8, 4) is 22.6 Å². The first-order valence-corrected chi connectivity index (χ1v) is 10.2. The lowest BCUT2D eigenvalue weighted by atomic mass is 10.0. The Kier molecular flexibility index (Phi) is 7.40. The molecule has 0 aliphatic heterocycles. The minimum atomic E-state index is -0.287. The smallest absolute Gasteiger partial charge is 0.311 e. The van der Waals surface area contributed by atoms with Crippen LogP contribution < -0.4 is 14.9 Å². The molecule has 3 rings (SSSR count).